The van der Waals surface area contributed by atoms with E-state index in [0.29, 0.717) is 0 Å². The Kier molecular flexibility index (Phi) is 7.06. The standard InChI is InChI=1S/C18H23N5O8S2/c1-11(24)7-8-23-10-12-5-4-6-13(16(12)33(23,28)29)32(26,27)22-18(25)21-17-19-14(30-2)9-15(20-17)31-3/h4-6,9,11,24H,7-8,10H2,1-3H3,(H2,19,20,21,22,25). The summed E-state index contributed by atoms with van der Waals surface area (Å²) in [7, 11) is -6.09. The summed E-state index contributed by atoms with van der Waals surface area (Å²) in [5, 5.41) is 11.6. The number of anilines is 1. The van der Waals surface area contributed by atoms with E-state index in [1.54, 1.807) is 4.72 Å². The van der Waals surface area contributed by atoms with Gasteiger partial charge in [-0.25, -0.2) is 26.4 Å². The lowest BCUT2D eigenvalue weighted by Crippen LogP contribution is -2.36. The van der Waals surface area contributed by atoms with Crippen LogP contribution in [-0.2, 0) is 26.6 Å². The van der Waals surface area contributed by atoms with Crippen molar-refractivity contribution in [1.82, 2.24) is 19.0 Å². The van der Waals surface area contributed by atoms with Crippen molar-refractivity contribution in [2.45, 2.75) is 35.8 Å². The van der Waals surface area contributed by atoms with Crippen molar-refractivity contribution in [2.24, 2.45) is 0 Å². The minimum Gasteiger partial charge on any atom is -0.481 e. The van der Waals surface area contributed by atoms with Crippen molar-refractivity contribution in [3.8, 4) is 11.8 Å². The van der Waals surface area contributed by atoms with Gasteiger partial charge in [0, 0.05) is 13.1 Å². The van der Waals surface area contributed by atoms with Crippen LogP contribution in [0.4, 0.5) is 10.7 Å². The molecule has 2 heterocycles. The molecule has 0 radical (unpaired) electrons. The van der Waals surface area contributed by atoms with E-state index in [1.165, 1.54) is 39.3 Å². The van der Waals surface area contributed by atoms with Crippen molar-refractivity contribution in [1.29, 1.82) is 0 Å². The number of nitrogens with one attached hydrogen (secondary N) is 2. The molecule has 0 bridgehead atoms. The molecule has 0 aliphatic carbocycles. The van der Waals surface area contributed by atoms with Gasteiger partial charge in [-0.3, -0.25) is 5.32 Å². The predicted molar refractivity (Wildman–Crippen MR) is 115 cm³/mol. The molecule has 1 aromatic heterocycles. The van der Waals surface area contributed by atoms with Crippen LogP contribution in [0.2, 0.25) is 0 Å². The highest BCUT2D eigenvalue weighted by Crippen LogP contribution is 2.35. The molecule has 0 saturated heterocycles. The third-order valence-electron chi connectivity index (χ3n) is 4.64. The van der Waals surface area contributed by atoms with E-state index in [1.807, 2.05) is 0 Å². The lowest BCUT2D eigenvalue weighted by atomic mass is 10.2. The molecular formula is C18H23N5O8S2. The Morgan fingerprint density at radius 3 is 2.45 bits per heavy atom. The molecule has 15 heteroatoms. The number of carbonyl (C=O) groups excluding carboxylic acids is 1. The normalized spacial score (nSPS) is 16.0. The minimum atomic E-state index is -4.60. The van der Waals surface area contributed by atoms with E-state index in [0.717, 1.165) is 10.4 Å². The van der Waals surface area contributed by atoms with Crippen molar-refractivity contribution >= 4 is 32.0 Å². The number of aliphatic hydroxyl groups excluding tert-OH is 1. The number of aromatic nitrogens is 2. The van der Waals surface area contributed by atoms with Crippen LogP contribution in [0.25, 0.3) is 0 Å². The summed E-state index contributed by atoms with van der Waals surface area (Å²) < 4.78 is 64.6. The van der Waals surface area contributed by atoms with E-state index >= 15 is 0 Å². The number of hydrogen-bond donors (Lipinski definition) is 3. The van der Waals surface area contributed by atoms with Crippen LogP contribution >= 0.6 is 0 Å². The Balaban J connectivity index is 1.86. The van der Waals surface area contributed by atoms with Crippen LogP contribution in [0.3, 0.4) is 0 Å². The average Bonchev–Trinajstić information content (AvgIpc) is 3.01. The molecule has 1 atom stereocenters. The number of rotatable bonds is 8. The molecule has 1 aliphatic heterocycles. The SMILES string of the molecule is COc1cc(OC)nc(NC(=O)NS(=O)(=O)c2cccc3c2S(=O)(=O)N(CCC(C)O)C3)n1. The molecule has 1 unspecified atom stereocenters. The van der Waals surface area contributed by atoms with Crippen LogP contribution in [0.5, 0.6) is 11.8 Å². The van der Waals surface area contributed by atoms with Crippen LogP contribution in [0, 0.1) is 0 Å². The fraction of sp³-hybridized carbons (Fsp3) is 0.389. The van der Waals surface area contributed by atoms with Crippen LogP contribution in [0.15, 0.2) is 34.1 Å². The molecule has 33 heavy (non-hydrogen) atoms. The first-order valence-corrected chi connectivity index (χ1v) is 12.5. The molecule has 13 nitrogen and oxygen atoms in total. The van der Waals surface area contributed by atoms with E-state index < -0.39 is 42.0 Å². The summed E-state index contributed by atoms with van der Waals surface area (Å²) in [5.41, 5.74) is 0.268. The monoisotopic (exact) mass is 501 g/mol. The van der Waals surface area contributed by atoms with Crippen LogP contribution in [-0.4, -0.2) is 69.1 Å². The third kappa shape index (κ3) is 5.32. The molecule has 3 rings (SSSR count). The minimum absolute atomic E-state index is 0.0110. The number of amides is 2. The van der Waals surface area contributed by atoms with Gasteiger partial charge in [-0.2, -0.15) is 14.3 Å². The Morgan fingerprint density at radius 2 is 1.88 bits per heavy atom. The molecule has 0 fully saturated rings. The number of fused-ring (bicyclic) bond motifs is 1. The van der Waals surface area contributed by atoms with Gasteiger partial charge in [-0.05, 0) is 25.0 Å². The quantitative estimate of drug-likeness (QED) is 0.455. The van der Waals surface area contributed by atoms with Crippen LogP contribution < -0.4 is 19.5 Å². The molecule has 3 N–H and O–H groups in total. The first-order chi connectivity index (χ1) is 15.5. The Hall–Kier alpha value is -3.01. The fourth-order valence-electron chi connectivity index (χ4n) is 3.10. The molecule has 0 spiro atoms. The molecule has 1 aliphatic rings. The van der Waals surface area contributed by atoms with Crippen molar-refractivity contribution in [3.63, 3.8) is 0 Å². The van der Waals surface area contributed by atoms with E-state index in [4.69, 9.17) is 9.47 Å². The van der Waals surface area contributed by atoms with Gasteiger partial charge in [0.1, 0.15) is 9.79 Å². The summed E-state index contributed by atoms with van der Waals surface area (Å²) in [5.74, 6) is -0.178. The smallest absolute Gasteiger partial charge is 0.335 e. The van der Waals surface area contributed by atoms with Gasteiger partial charge < -0.3 is 14.6 Å². The summed E-state index contributed by atoms with van der Waals surface area (Å²) in [4.78, 5) is 19.1. The van der Waals surface area contributed by atoms with Crippen molar-refractivity contribution in [2.75, 3.05) is 26.1 Å². The van der Waals surface area contributed by atoms with Gasteiger partial charge in [-0.1, -0.05) is 12.1 Å². The molecule has 2 amide bonds. The van der Waals surface area contributed by atoms with Gasteiger partial charge in [0.15, 0.2) is 0 Å². The van der Waals surface area contributed by atoms with E-state index in [9.17, 15) is 26.7 Å². The van der Waals surface area contributed by atoms with E-state index in [-0.39, 0.29) is 42.8 Å². The van der Waals surface area contributed by atoms with E-state index in [2.05, 4.69) is 15.3 Å². The van der Waals surface area contributed by atoms with Crippen LogP contribution in [0.1, 0.15) is 18.9 Å². The summed E-state index contributed by atoms with van der Waals surface area (Å²) >= 11 is 0. The number of urea groups is 1. The van der Waals surface area contributed by atoms with Gasteiger partial charge >= 0.3 is 6.03 Å². The molecule has 0 saturated carbocycles. The highest BCUT2D eigenvalue weighted by Gasteiger charge is 2.40. The highest BCUT2D eigenvalue weighted by atomic mass is 32.2. The number of nitrogens with zero attached hydrogens (tertiary/aromatic N) is 3. The second kappa shape index (κ2) is 9.46. The number of ether oxygens (including phenoxy) is 2. The summed E-state index contributed by atoms with van der Waals surface area (Å²) in [6.45, 7) is 1.49. The summed E-state index contributed by atoms with van der Waals surface area (Å²) in [6.07, 6.45) is -0.546. The van der Waals surface area contributed by atoms with Crippen molar-refractivity contribution in [3.05, 3.63) is 29.8 Å². The maximum atomic E-state index is 13.0. The Labute approximate surface area is 190 Å². The summed E-state index contributed by atoms with van der Waals surface area (Å²) in [6, 6.07) is 4.10. The second-order valence-electron chi connectivity index (χ2n) is 7.06. The maximum absolute atomic E-state index is 13.0. The first kappa shape index (κ1) is 24.6. The topological polar surface area (TPSA) is 177 Å². The zero-order chi connectivity index (χ0) is 24.4. The molecule has 2 aromatic rings. The Morgan fingerprint density at radius 1 is 1.24 bits per heavy atom. The average molecular weight is 502 g/mol. The van der Waals surface area contributed by atoms with Crippen molar-refractivity contribution < 1.29 is 36.2 Å². The third-order valence-corrected chi connectivity index (χ3v) is 8.13. The number of hydrogen-bond acceptors (Lipinski definition) is 10. The fourth-order valence-corrected chi connectivity index (χ4v) is 6.48. The number of aliphatic hydroxyl groups is 1. The number of sulfonamides is 2. The van der Waals surface area contributed by atoms with Gasteiger partial charge in [0.2, 0.25) is 27.7 Å². The zero-order valence-corrected chi connectivity index (χ0v) is 19.6. The Bertz CT molecular complexity index is 1240. The second-order valence-corrected chi connectivity index (χ2v) is 10.6. The molecule has 1 aromatic carbocycles. The first-order valence-electron chi connectivity index (χ1n) is 9.59. The predicted octanol–water partition coefficient (Wildman–Crippen LogP) is 0.279. The lowest BCUT2D eigenvalue weighted by Gasteiger charge is -2.16. The maximum Gasteiger partial charge on any atom is 0.335 e. The highest BCUT2D eigenvalue weighted by molar-refractivity contribution is 7.93. The molecular weight excluding hydrogens is 478 g/mol. The largest absolute Gasteiger partial charge is 0.481 e. The molecule has 180 valence electrons. The lowest BCUT2D eigenvalue weighted by molar-refractivity contribution is 0.174. The zero-order valence-electron chi connectivity index (χ0n) is 18.0. The van der Waals surface area contributed by atoms with Gasteiger partial charge in [-0.15, -0.1) is 0 Å². The van der Waals surface area contributed by atoms with Gasteiger partial charge in [0.05, 0.1) is 26.4 Å². The number of benzene rings is 1. The number of methoxy groups -OCH3 is 2. The number of carbonyl (C=O) groups is 1. The van der Waals surface area contributed by atoms with Gasteiger partial charge in [0.25, 0.3) is 10.0 Å².